The number of hydrogen-bond acceptors (Lipinski definition) is 3. The average molecular weight is 538 g/mol. The molecule has 4 nitrogen and oxygen atoms in total. The zero-order valence-corrected chi connectivity index (χ0v) is 19.6. The minimum Gasteiger partial charge on any atom is -0.356 e. The molecule has 1 aliphatic heterocycles. The number of rotatable bonds is 4. The fraction of sp³-hybridized carbons (Fsp3) is 0.500. The quantitative estimate of drug-likeness (QED) is 0.338. The average Bonchev–Trinajstić information content (AvgIpc) is 3.15. The molecular formula is C20H26F3IN4S. The fourth-order valence-electron chi connectivity index (χ4n) is 3.70. The topological polar surface area (TPSA) is 40.5 Å². The molecule has 0 bridgehead atoms. The molecule has 0 amide bonds. The molecule has 2 aromatic rings. The number of alkyl halides is 3. The van der Waals surface area contributed by atoms with Gasteiger partial charge in [0.1, 0.15) is 0 Å². The molecule has 3 rings (SSSR count). The van der Waals surface area contributed by atoms with Crippen LogP contribution in [0.5, 0.6) is 0 Å². The van der Waals surface area contributed by atoms with Crippen LogP contribution in [0.25, 0.3) is 0 Å². The van der Waals surface area contributed by atoms with E-state index < -0.39 is 11.9 Å². The Hall–Kier alpha value is -1.36. The van der Waals surface area contributed by atoms with E-state index in [1.165, 1.54) is 5.56 Å². The van der Waals surface area contributed by atoms with E-state index in [1.807, 2.05) is 6.07 Å². The molecule has 0 spiro atoms. The van der Waals surface area contributed by atoms with Gasteiger partial charge < -0.3 is 10.2 Å². The van der Waals surface area contributed by atoms with Crippen LogP contribution in [-0.4, -0.2) is 42.5 Å². The predicted octanol–water partition coefficient (Wildman–Crippen LogP) is 5.02. The predicted molar refractivity (Wildman–Crippen MR) is 122 cm³/mol. The third kappa shape index (κ3) is 6.31. The van der Waals surface area contributed by atoms with E-state index in [1.54, 1.807) is 7.05 Å². The Morgan fingerprint density at radius 2 is 2.03 bits per heavy atom. The SMILES string of the molecule is CN=C(NCCc1nc(C(F)(F)F)cs1)N1CCC(c2ccccc2)C(C)C1.I. The Kier molecular flexibility index (Phi) is 8.74. The first-order valence-corrected chi connectivity index (χ1v) is 10.3. The van der Waals surface area contributed by atoms with Crippen molar-refractivity contribution in [3.63, 3.8) is 0 Å². The number of guanidine groups is 1. The lowest BCUT2D eigenvalue weighted by molar-refractivity contribution is -0.140. The molecule has 1 aromatic carbocycles. The van der Waals surface area contributed by atoms with Gasteiger partial charge in [-0.2, -0.15) is 13.2 Å². The Balaban J connectivity index is 0.00000300. The van der Waals surface area contributed by atoms with Gasteiger partial charge in [0, 0.05) is 38.5 Å². The molecule has 0 aliphatic carbocycles. The number of aromatic nitrogens is 1. The number of piperidine rings is 1. The molecule has 1 aromatic heterocycles. The summed E-state index contributed by atoms with van der Waals surface area (Å²) in [6, 6.07) is 10.6. The molecule has 0 saturated carbocycles. The van der Waals surface area contributed by atoms with Gasteiger partial charge in [-0.1, -0.05) is 37.3 Å². The molecule has 2 unspecified atom stereocenters. The highest BCUT2D eigenvalue weighted by Crippen LogP contribution is 2.33. The zero-order valence-electron chi connectivity index (χ0n) is 16.4. The fourth-order valence-corrected chi connectivity index (χ4v) is 4.51. The van der Waals surface area contributed by atoms with E-state index >= 15 is 0 Å². The highest BCUT2D eigenvalue weighted by atomic mass is 127. The summed E-state index contributed by atoms with van der Waals surface area (Å²) in [5, 5.41) is 4.82. The van der Waals surface area contributed by atoms with E-state index in [2.05, 4.69) is 51.4 Å². The molecule has 9 heteroatoms. The molecule has 1 N–H and O–H groups in total. The minimum atomic E-state index is -4.38. The van der Waals surface area contributed by atoms with Gasteiger partial charge in [0.25, 0.3) is 0 Å². The second-order valence-electron chi connectivity index (χ2n) is 7.08. The van der Waals surface area contributed by atoms with Crippen molar-refractivity contribution in [3.8, 4) is 0 Å². The summed E-state index contributed by atoms with van der Waals surface area (Å²) in [5.74, 6) is 1.82. The van der Waals surface area contributed by atoms with Crippen LogP contribution in [0.1, 0.15) is 35.5 Å². The molecule has 1 aliphatic rings. The van der Waals surface area contributed by atoms with Gasteiger partial charge in [-0.3, -0.25) is 4.99 Å². The molecular weight excluding hydrogens is 512 g/mol. The highest BCUT2D eigenvalue weighted by molar-refractivity contribution is 14.0. The smallest absolute Gasteiger partial charge is 0.356 e. The summed E-state index contributed by atoms with van der Waals surface area (Å²) >= 11 is 1.04. The summed E-state index contributed by atoms with van der Waals surface area (Å²) in [6.07, 6.45) is -2.89. The lowest BCUT2D eigenvalue weighted by Crippen LogP contribution is -2.48. The maximum Gasteiger partial charge on any atom is 0.434 e. The molecule has 2 heterocycles. The van der Waals surface area contributed by atoms with E-state index in [9.17, 15) is 13.2 Å². The van der Waals surface area contributed by atoms with E-state index in [-0.39, 0.29) is 24.0 Å². The van der Waals surface area contributed by atoms with Crippen LogP contribution in [-0.2, 0) is 12.6 Å². The molecule has 160 valence electrons. The van der Waals surface area contributed by atoms with Gasteiger partial charge >= 0.3 is 6.18 Å². The van der Waals surface area contributed by atoms with Crippen molar-refractivity contribution in [3.05, 3.63) is 52.0 Å². The second kappa shape index (κ2) is 10.6. The summed E-state index contributed by atoms with van der Waals surface area (Å²) in [5.41, 5.74) is 0.565. The molecule has 1 saturated heterocycles. The van der Waals surface area contributed by atoms with Crippen molar-refractivity contribution in [2.75, 3.05) is 26.7 Å². The molecule has 2 atom stereocenters. The molecule has 1 fully saturated rings. The van der Waals surface area contributed by atoms with Gasteiger partial charge in [0.15, 0.2) is 11.7 Å². The van der Waals surface area contributed by atoms with Crippen molar-refractivity contribution in [1.29, 1.82) is 0 Å². The highest BCUT2D eigenvalue weighted by Gasteiger charge is 2.33. The number of thiazole rings is 1. The first kappa shape index (κ1) is 23.9. The third-order valence-corrected chi connectivity index (χ3v) is 6.02. The van der Waals surface area contributed by atoms with Crippen molar-refractivity contribution < 1.29 is 13.2 Å². The van der Waals surface area contributed by atoms with Crippen molar-refractivity contribution in [2.24, 2.45) is 10.9 Å². The van der Waals surface area contributed by atoms with Crippen LogP contribution >= 0.6 is 35.3 Å². The molecule has 29 heavy (non-hydrogen) atoms. The van der Waals surface area contributed by atoms with Gasteiger partial charge in [0.2, 0.25) is 0 Å². The van der Waals surface area contributed by atoms with Crippen molar-refractivity contribution >= 4 is 41.3 Å². The number of aliphatic imine (C=N–C) groups is 1. The minimum absolute atomic E-state index is 0. The Labute approximate surface area is 190 Å². The first-order valence-electron chi connectivity index (χ1n) is 9.40. The van der Waals surface area contributed by atoms with Gasteiger partial charge in [-0.25, -0.2) is 4.98 Å². The van der Waals surface area contributed by atoms with Crippen LogP contribution < -0.4 is 5.32 Å². The summed E-state index contributed by atoms with van der Waals surface area (Å²) in [6.45, 7) is 4.56. The Morgan fingerprint density at radius 3 is 2.62 bits per heavy atom. The Morgan fingerprint density at radius 1 is 1.31 bits per heavy atom. The van der Waals surface area contributed by atoms with Crippen LogP contribution in [0.4, 0.5) is 13.2 Å². The van der Waals surface area contributed by atoms with Gasteiger partial charge in [0.05, 0.1) is 5.01 Å². The normalized spacial score (nSPS) is 20.3. The lowest BCUT2D eigenvalue weighted by atomic mass is 9.82. The Bertz CT molecular complexity index is 795. The van der Waals surface area contributed by atoms with Crippen LogP contribution in [0, 0.1) is 5.92 Å². The number of benzene rings is 1. The van der Waals surface area contributed by atoms with Gasteiger partial charge in [-0.15, -0.1) is 35.3 Å². The molecule has 0 radical (unpaired) electrons. The third-order valence-electron chi connectivity index (χ3n) is 5.11. The maximum atomic E-state index is 12.6. The second-order valence-corrected chi connectivity index (χ2v) is 8.02. The first-order chi connectivity index (χ1) is 13.4. The van der Waals surface area contributed by atoms with Crippen molar-refractivity contribution in [1.82, 2.24) is 15.2 Å². The van der Waals surface area contributed by atoms with E-state index in [4.69, 9.17) is 0 Å². The van der Waals surface area contributed by atoms with Gasteiger partial charge in [-0.05, 0) is 23.8 Å². The number of hydrogen-bond donors (Lipinski definition) is 1. The number of halogens is 4. The number of nitrogens with zero attached hydrogens (tertiary/aromatic N) is 3. The standard InChI is InChI=1S/C20H25F3N4S.HI/c1-14-12-27(11-9-16(14)15-6-4-3-5-7-15)19(24-2)25-10-8-18-26-17(13-28-18)20(21,22)23;/h3-7,13-14,16H,8-12H2,1-2H3,(H,24,25);1H. The number of nitrogens with one attached hydrogen (secondary N) is 1. The van der Waals surface area contributed by atoms with Crippen LogP contribution in [0.2, 0.25) is 0 Å². The van der Waals surface area contributed by atoms with Crippen LogP contribution in [0.15, 0.2) is 40.7 Å². The van der Waals surface area contributed by atoms with E-state index in [0.29, 0.717) is 29.8 Å². The van der Waals surface area contributed by atoms with Crippen molar-refractivity contribution in [2.45, 2.75) is 31.9 Å². The summed E-state index contributed by atoms with van der Waals surface area (Å²) < 4.78 is 37.9. The largest absolute Gasteiger partial charge is 0.434 e. The maximum absolute atomic E-state index is 12.6. The van der Waals surface area contributed by atoms with E-state index in [0.717, 1.165) is 42.2 Å². The lowest BCUT2D eigenvalue weighted by Gasteiger charge is -2.38. The van der Waals surface area contributed by atoms with Crippen LogP contribution in [0.3, 0.4) is 0 Å². The summed E-state index contributed by atoms with van der Waals surface area (Å²) in [7, 11) is 1.74. The number of likely N-dealkylation sites (tertiary alicyclic amines) is 1. The zero-order chi connectivity index (χ0) is 20.1. The monoisotopic (exact) mass is 538 g/mol. The summed E-state index contributed by atoms with van der Waals surface area (Å²) in [4.78, 5) is 10.3.